The molecule has 0 saturated heterocycles. The third-order valence-electron chi connectivity index (χ3n) is 4.72. The van der Waals surface area contributed by atoms with Crippen molar-refractivity contribution >= 4 is 37.5 Å². The van der Waals surface area contributed by atoms with Gasteiger partial charge in [0.15, 0.2) is 0 Å². The lowest BCUT2D eigenvalue weighted by Gasteiger charge is -2.25. The van der Waals surface area contributed by atoms with Crippen LogP contribution in [-0.2, 0) is 14.8 Å². The van der Waals surface area contributed by atoms with E-state index in [0.29, 0.717) is 5.69 Å². The number of carbonyl (C=O) groups excluding carboxylic acids is 1. The van der Waals surface area contributed by atoms with Crippen molar-refractivity contribution in [3.63, 3.8) is 0 Å². The summed E-state index contributed by atoms with van der Waals surface area (Å²) in [5.74, 6) is -0.391. The molecule has 7 heteroatoms. The average molecular weight is 487 g/mol. The van der Waals surface area contributed by atoms with Gasteiger partial charge in [-0.05, 0) is 41.8 Å². The number of benzene rings is 3. The van der Waals surface area contributed by atoms with Crippen LogP contribution in [0, 0.1) is 6.92 Å². The molecule has 0 aliphatic carbocycles. The summed E-state index contributed by atoms with van der Waals surface area (Å²) in [6.45, 7) is 1.67. The van der Waals surface area contributed by atoms with Crippen molar-refractivity contribution in [2.45, 2.75) is 13.0 Å². The number of nitrogens with one attached hydrogen (secondary N) is 1. The molecular weight excluding hydrogens is 464 g/mol. The molecule has 0 unspecified atom stereocenters. The number of hydrogen-bond acceptors (Lipinski definition) is 3. The summed E-state index contributed by atoms with van der Waals surface area (Å²) in [5, 5.41) is 3.02. The monoisotopic (exact) mass is 486 g/mol. The van der Waals surface area contributed by atoms with Gasteiger partial charge >= 0.3 is 0 Å². The topological polar surface area (TPSA) is 66.5 Å². The second-order valence-electron chi connectivity index (χ2n) is 7.02. The summed E-state index contributed by atoms with van der Waals surface area (Å²) in [6.07, 6.45) is 1.09. The molecule has 3 aromatic carbocycles. The molecule has 0 saturated carbocycles. The maximum atomic E-state index is 13.0. The summed E-state index contributed by atoms with van der Waals surface area (Å²) in [6, 6.07) is 23.9. The molecule has 1 amide bonds. The van der Waals surface area contributed by atoms with Crippen LogP contribution in [0.4, 0.5) is 5.69 Å². The lowest BCUT2D eigenvalue weighted by atomic mass is 9.95. The zero-order valence-corrected chi connectivity index (χ0v) is 19.2. The maximum Gasteiger partial charge on any atom is 0.241 e. The molecular formula is C23H23BrN2O3S. The highest BCUT2D eigenvalue weighted by Crippen LogP contribution is 2.26. The predicted octanol–water partition coefficient (Wildman–Crippen LogP) is 4.43. The summed E-state index contributed by atoms with van der Waals surface area (Å²) in [7, 11) is -3.65. The van der Waals surface area contributed by atoms with E-state index in [1.54, 1.807) is 24.3 Å². The number of anilines is 1. The maximum absolute atomic E-state index is 13.0. The Morgan fingerprint density at radius 2 is 1.67 bits per heavy atom. The Hall–Kier alpha value is -2.64. The SMILES string of the molecule is Cc1ccccc1[C@H](NC(=O)CN(c1cccc(Br)c1)S(C)(=O)=O)c1ccccc1. The van der Waals surface area contributed by atoms with Gasteiger partial charge in [0.2, 0.25) is 15.9 Å². The van der Waals surface area contributed by atoms with Crippen LogP contribution in [-0.4, -0.2) is 27.1 Å². The van der Waals surface area contributed by atoms with Crippen LogP contribution in [0.3, 0.4) is 0 Å². The molecule has 0 radical (unpaired) electrons. The number of amides is 1. The van der Waals surface area contributed by atoms with Crippen LogP contribution in [0.1, 0.15) is 22.7 Å². The largest absolute Gasteiger partial charge is 0.344 e. The average Bonchev–Trinajstić information content (AvgIpc) is 2.71. The van der Waals surface area contributed by atoms with Gasteiger partial charge in [-0.15, -0.1) is 0 Å². The van der Waals surface area contributed by atoms with Gasteiger partial charge in [0.05, 0.1) is 18.0 Å². The first kappa shape index (κ1) is 22.1. The zero-order valence-electron chi connectivity index (χ0n) is 16.7. The summed E-state index contributed by atoms with van der Waals surface area (Å²) in [5.41, 5.74) is 3.35. The van der Waals surface area contributed by atoms with Crippen molar-refractivity contribution in [3.8, 4) is 0 Å². The summed E-state index contributed by atoms with van der Waals surface area (Å²) >= 11 is 3.35. The normalized spacial score (nSPS) is 12.2. The smallest absolute Gasteiger partial charge is 0.241 e. The van der Waals surface area contributed by atoms with Crippen LogP contribution < -0.4 is 9.62 Å². The van der Waals surface area contributed by atoms with E-state index in [9.17, 15) is 13.2 Å². The first-order chi connectivity index (χ1) is 14.3. The summed E-state index contributed by atoms with van der Waals surface area (Å²) < 4.78 is 26.6. The van der Waals surface area contributed by atoms with Crippen LogP contribution in [0.5, 0.6) is 0 Å². The van der Waals surface area contributed by atoms with Crippen molar-refractivity contribution in [2.24, 2.45) is 0 Å². The van der Waals surface area contributed by atoms with E-state index < -0.39 is 15.9 Å². The summed E-state index contributed by atoms with van der Waals surface area (Å²) in [4.78, 5) is 13.0. The van der Waals surface area contributed by atoms with E-state index in [-0.39, 0.29) is 12.6 Å². The first-order valence-electron chi connectivity index (χ1n) is 9.39. The molecule has 0 fully saturated rings. The van der Waals surface area contributed by atoms with Crippen LogP contribution >= 0.6 is 15.9 Å². The lowest BCUT2D eigenvalue weighted by Crippen LogP contribution is -2.42. The van der Waals surface area contributed by atoms with E-state index in [4.69, 9.17) is 0 Å². The molecule has 156 valence electrons. The molecule has 30 heavy (non-hydrogen) atoms. The molecule has 3 rings (SSSR count). The minimum absolute atomic E-state index is 0.315. The molecule has 0 spiro atoms. The number of sulfonamides is 1. The van der Waals surface area contributed by atoms with E-state index in [0.717, 1.165) is 31.7 Å². The number of nitrogens with zero attached hydrogens (tertiary/aromatic N) is 1. The van der Waals surface area contributed by atoms with Gasteiger partial charge in [-0.25, -0.2) is 8.42 Å². The van der Waals surface area contributed by atoms with E-state index in [1.807, 2.05) is 61.5 Å². The Kier molecular flexibility index (Phi) is 6.95. The molecule has 3 aromatic rings. The highest BCUT2D eigenvalue weighted by molar-refractivity contribution is 9.10. The van der Waals surface area contributed by atoms with Crippen LogP contribution in [0.15, 0.2) is 83.3 Å². The molecule has 5 nitrogen and oxygen atoms in total. The molecule has 0 heterocycles. The molecule has 0 bridgehead atoms. The van der Waals surface area contributed by atoms with Gasteiger partial charge in [0, 0.05) is 4.47 Å². The van der Waals surface area contributed by atoms with Crippen molar-refractivity contribution in [2.75, 3.05) is 17.1 Å². The molecule has 1 atom stereocenters. The standard InChI is InChI=1S/C23H23BrN2O3S/c1-17-9-6-7-14-21(17)23(18-10-4-3-5-11-18)25-22(27)16-26(30(2,28)29)20-13-8-12-19(24)15-20/h3-15,23H,16H2,1-2H3,(H,25,27)/t23-/m1/s1. The van der Waals surface area contributed by atoms with Gasteiger partial charge < -0.3 is 5.32 Å². The number of aryl methyl sites for hydroxylation is 1. The third-order valence-corrected chi connectivity index (χ3v) is 6.36. The lowest BCUT2D eigenvalue weighted by molar-refractivity contribution is -0.120. The highest BCUT2D eigenvalue weighted by Gasteiger charge is 2.24. The predicted molar refractivity (Wildman–Crippen MR) is 124 cm³/mol. The Bertz CT molecular complexity index is 1130. The Morgan fingerprint density at radius 3 is 2.30 bits per heavy atom. The number of carbonyl (C=O) groups is 1. The van der Waals surface area contributed by atoms with Gasteiger partial charge in [0.1, 0.15) is 6.54 Å². The fraction of sp³-hybridized carbons (Fsp3) is 0.174. The number of rotatable bonds is 7. The number of halogens is 1. The van der Waals surface area contributed by atoms with E-state index >= 15 is 0 Å². The third kappa shape index (κ3) is 5.49. The Morgan fingerprint density at radius 1 is 1.00 bits per heavy atom. The molecule has 0 aromatic heterocycles. The fourth-order valence-electron chi connectivity index (χ4n) is 3.27. The van der Waals surface area contributed by atoms with Gasteiger partial charge in [-0.1, -0.05) is 76.6 Å². The quantitative estimate of drug-likeness (QED) is 0.536. The van der Waals surface area contributed by atoms with Gasteiger partial charge in [-0.2, -0.15) is 0 Å². The minimum Gasteiger partial charge on any atom is -0.344 e. The van der Waals surface area contributed by atoms with Gasteiger partial charge in [0.25, 0.3) is 0 Å². The van der Waals surface area contributed by atoms with Crippen molar-refractivity contribution in [1.29, 1.82) is 0 Å². The van der Waals surface area contributed by atoms with Crippen LogP contribution in [0.25, 0.3) is 0 Å². The number of hydrogen-bond donors (Lipinski definition) is 1. The Labute approximate surface area is 185 Å². The highest BCUT2D eigenvalue weighted by atomic mass is 79.9. The van der Waals surface area contributed by atoms with Gasteiger partial charge in [-0.3, -0.25) is 9.10 Å². The van der Waals surface area contributed by atoms with E-state index in [1.165, 1.54) is 0 Å². The fourth-order valence-corrected chi connectivity index (χ4v) is 4.50. The Balaban J connectivity index is 1.91. The molecule has 0 aliphatic heterocycles. The van der Waals surface area contributed by atoms with Crippen molar-refractivity contribution < 1.29 is 13.2 Å². The van der Waals surface area contributed by atoms with Crippen LogP contribution in [0.2, 0.25) is 0 Å². The molecule has 0 aliphatic rings. The molecule has 1 N–H and O–H groups in total. The minimum atomic E-state index is -3.65. The van der Waals surface area contributed by atoms with Crippen molar-refractivity contribution in [1.82, 2.24) is 5.32 Å². The van der Waals surface area contributed by atoms with Crippen molar-refractivity contribution in [3.05, 3.63) is 100 Å². The second kappa shape index (κ2) is 9.45. The zero-order chi connectivity index (χ0) is 21.7. The van der Waals surface area contributed by atoms with E-state index in [2.05, 4.69) is 21.2 Å². The first-order valence-corrected chi connectivity index (χ1v) is 12.0. The second-order valence-corrected chi connectivity index (χ2v) is 9.84.